The summed E-state index contributed by atoms with van der Waals surface area (Å²) in [7, 11) is 3.35. The van der Waals surface area contributed by atoms with Crippen molar-refractivity contribution in [2.45, 2.75) is 13.0 Å². The fourth-order valence-electron chi connectivity index (χ4n) is 3.20. The number of methoxy groups -OCH3 is 2. The number of hydrogen-bond donors (Lipinski definition) is 1. The van der Waals surface area contributed by atoms with E-state index in [4.69, 9.17) is 21.7 Å². The van der Waals surface area contributed by atoms with Crippen LogP contribution in [0.4, 0.5) is 11.4 Å². The predicted molar refractivity (Wildman–Crippen MR) is 111 cm³/mol. The van der Waals surface area contributed by atoms with Crippen molar-refractivity contribution < 1.29 is 9.47 Å². The van der Waals surface area contributed by atoms with Gasteiger partial charge in [0.25, 0.3) is 0 Å². The van der Waals surface area contributed by atoms with E-state index in [1.54, 1.807) is 14.2 Å². The molecule has 1 atom stereocenters. The number of benzene rings is 2. The smallest absolute Gasteiger partial charge is 0.173 e. The van der Waals surface area contributed by atoms with Gasteiger partial charge >= 0.3 is 0 Å². The van der Waals surface area contributed by atoms with Crippen LogP contribution in [0.15, 0.2) is 48.5 Å². The van der Waals surface area contributed by atoms with Gasteiger partial charge in [-0.3, -0.25) is 0 Å². The number of rotatable bonds is 4. The van der Waals surface area contributed by atoms with Crippen LogP contribution in [0.25, 0.3) is 0 Å². The third kappa shape index (κ3) is 4.19. The SMILES string of the molecule is COc1ccc(N2CCN(C(=S)Nc3cccc(OC)c3)CC2C)cc1. The molecule has 0 aliphatic carbocycles. The fraction of sp³-hybridized carbons (Fsp3) is 0.350. The first-order chi connectivity index (χ1) is 12.6. The highest BCUT2D eigenvalue weighted by molar-refractivity contribution is 7.80. The van der Waals surface area contributed by atoms with Gasteiger partial charge in [-0.25, -0.2) is 0 Å². The summed E-state index contributed by atoms with van der Waals surface area (Å²) in [6.45, 7) is 4.91. The minimum Gasteiger partial charge on any atom is -0.497 e. The number of hydrogen-bond acceptors (Lipinski definition) is 4. The van der Waals surface area contributed by atoms with Crippen LogP contribution in [-0.2, 0) is 0 Å². The Morgan fingerprint density at radius 1 is 1.04 bits per heavy atom. The van der Waals surface area contributed by atoms with Crippen molar-refractivity contribution in [1.29, 1.82) is 0 Å². The normalized spacial score (nSPS) is 17.0. The number of nitrogens with zero attached hydrogens (tertiary/aromatic N) is 2. The standard InChI is InChI=1S/C20H25N3O2S/c1-15-14-22(20(26)21-16-5-4-6-19(13-16)25-3)11-12-23(15)17-7-9-18(24-2)10-8-17/h4-10,13,15H,11-12,14H2,1-3H3,(H,21,26). The lowest BCUT2D eigenvalue weighted by Gasteiger charge is -2.42. The van der Waals surface area contributed by atoms with Crippen LogP contribution in [-0.4, -0.2) is 49.9 Å². The van der Waals surface area contributed by atoms with Gasteiger partial charge in [0.2, 0.25) is 0 Å². The molecule has 0 saturated carbocycles. The topological polar surface area (TPSA) is 37.0 Å². The van der Waals surface area contributed by atoms with E-state index in [0.717, 1.165) is 41.9 Å². The summed E-state index contributed by atoms with van der Waals surface area (Å²) >= 11 is 5.62. The molecule has 1 heterocycles. The molecule has 138 valence electrons. The molecular weight excluding hydrogens is 346 g/mol. The highest BCUT2D eigenvalue weighted by Gasteiger charge is 2.25. The Morgan fingerprint density at radius 3 is 2.42 bits per heavy atom. The molecule has 2 aromatic carbocycles. The second-order valence-electron chi connectivity index (χ2n) is 6.35. The monoisotopic (exact) mass is 371 g/mol. The van der Waals surface area contributed by atoms with E-state index in [9.17, 15) is 0 Å². The summed E-state index contributed by atoms with van der Waals surface area (Å²) in [4.78, 5) is 4.63. The van der Waals surface area contributed by atoms with Gasteiger partial charge in [0.1, 0.15) is 11.5 Å². The molecule has 2 aromatic rings. The number of nitrogens with one attached hydrogen (secondary N) is 1. The van der Waals surface area contributed by atoms with Gasteiger partial charge in [0.15, 0.2) is 5.11 Å². The molecule has 0 spiro atoms. The van der Waals surface area contributed by atoms with E-state index >= 15 is 0 Å². The molecule has 1 unspecified atom stereocenters. The molecule has 0 bridgehead atoms. The van der Waals surface area contributed by atoms with Crippen LogP contribution < -0.4 is 19.7 Å². The Balaban J connectivity index is 1.61. The molecule has 26 heavy (non-hydrogen) atoms. The lowest BCUT2D eigenvalue weighted by Crippen LogP contribution is -2.54. The van der Waals surface area contributed by atoms with Crippen LogP contribution in [0.5, 0.6) is 11.5 Å². The summed E-state index contributed by atoms with van der Waals surface area (Å²) < 4.78 is 10.5. The predicted octanol–water partition coefficient (Wildman–Crippen LogP) is 3.61. The Hall–Kier alpha value is -2.47. The number of piperazine rings is 1. The molecule has 5 nitrogen and oxygen atoms in total. The van der Waals surface area contributed by atoms with Gasteiger partial charge in [-0.1, -0.05) is 6.07 Å². The van der Waals surface area contributed by atoms with E-state index in [2.05, 4.69) is 34.2 Å². The average molecular weight is 372 g/mol. The minimum absolute atomic E-state index is 0.363. The zero-order valence-corrected chi connectivity index (χ0v) is 16.3. The molecule has 0 aromatic heterocycles. The van der Waals surface area contributed by atoms with Crippen molar-refractivity contribution in [1.82, 2.24) is 4.90 Å². The number of ether oxygens (including phenoxy) is 2. The minimum atomic E-state index is 0.363. The van der Waals surface area contributed by atoms with Crippen molar-refractivity contribution in [3.63, 3.8) is 0 Å². The van der Waals surface area contributed by atoms with Crippen LogP contribution >= 0.6 is 12.2 Å². The molecule has 0 radical (unpaired) electrons. The van der Waals surface area contributed by atoms with E-state index in [1.165, 1.54) is 5.69 Å². The van der Waals surface area contributed by atoms with Crippen molar-refractivity contribution >= 4 is 28.7 Å². The molecule has 1 fully saturated rings. The first-order valence-corrected chi connectivity index (χ1v) is 9.12. The summed E-state index contributed by atoms with van der Waals surface area (Å²) in [5.41, 5.74) is 2.16. The molecule has 1 aliphatic rings. The van der Waals surface area contributed by atoms with Gasteiger partial charge < -0.3 is 24.6 Å². The Morgan fingerprint density at radius 2 is 1.77 bits per heavy atom. The fourth-order valence-corrected chi connectivity index (χ4v) is 3.49. The van der Waals surface area contributed by atoms with Crippen LogP contribution in [0, 0.1) is 0 Å². The zero-order valence-electron chi connectivity index (χ0n) is 15.4. The lowest BCUT2D eigenvalue weighted by atomic mass is 10.1. The Kier molecular flexibility index (Phi) is 5.83. The average Bonchev–Trinajstić information content (AvgIpc) is 2.68. The first kappa shape index (κ1) is 18.3. The maximum Gasteiger partial charge on any atom is 0.173 e. The molecule has 3 rings (SSSR count). The van der Waals surface area contributed by atoms with Crippen molar-refractivity contribution in [2.75, 3.05) is 44.1 Å². The van der Waals surface area contributed by atoms with Crippen LogP contribution in [0.2, 0.25) is 0 Å². The molecular formula is C20H25N3O2S. The van der Waals surface area contributed by atoms with Crippen LogP contribution in [0.1, 0.15) is 6.92 Å². The van der Waals surface area contributed by atoms with E-state index in [0.29, 0.717) is 6.04 Å². The summed E-state index contributed by atoms with van der Waals surface area (Å²) in [6, 6.07) is 16.4. The summed E-state index contributed by atoms with van der Waals surface area (Å²) in [5.74, 6) is 1.69. The summed E-state index contributed by atoms with van der Waals surface area (Å²) in [6.07, 6.45) is 0. The third-order valence-corrected chi connectivity index (χ3v) is 5.00. The summed E-state index contributed by atoms with van der Waals surface area (Å²) in [5, 5.41) is 4.07. The van der Waals surface area contributed by atoms with Crippen molar-refractivity contribution in [2.24, 2.45) is 0 Å². The molecule has 0 amide bonds. The highest BCUT2D eigenvalue weighted by atomic mass is 32.1. The molecule has 6 heteroatoms. The second kappa shape index (κ2) is 8.27. The maximum absolute atomic E-state index is 5.62. The Bertz CT molecular complexity index is 751. The van der Waals surface area contributed by atoms with Crippen LogP contribution in [0.3, 0.4) is 0 Å². The third-order valence-electron chi connectivity index (χ3n) is 4.64. The van der Waals surface area contributed by atoms with E-state index in [1.807, 2.05) is 36.4 Å². The molecule has 1 N–H and O–H groups in total. The lowest BCUT2D eigenvalue weighted by molar-refractivity contribution is 0.342. The van der Waals surface area contributed by atoms with Crippen molar-refractivity contribution in [3.05, 3.63) is 48.5 Å². The molecule has 1 aliphatic heterocycles. The van der Waals surface area contributed by atoms with E-state index < -0.39 is 0 Å². The van der Waals surface area contributed by atoms with Gasteiger partial charge in [0.05, 0.1) is 14.2 Å². The largest absolute Gasteiger partial charge is 0.497 e. The number of anilines is 2. The maximum atomic E-state index is 5.62. The highest BCUT2D eigenvalue weighted by Crippen LogP contribution is 2.24. The van der Waals surface area contributed by atoms with Gasteiger partial charge in [-0.2, -0.15) is 0 Å². The second-order valence-corrected chi connectivity index (χ2v) is 6.74. The van der Waals surface area contributed by atoms with Crippen molar-refractivity contribution in [3.8, 4) is 11.5 Å². The first-order valence-electron chi connectivity index (χ1n) is 8.71. The Labute approximate surface area is 160 Å². The van der Waals surface area contributed by atoms with Gasteiger partial charge in [0, 0.05) is 43.1 Å². The molecule has 1 saturated heterocycles. The van der Waals surface area contributed by atoms with E-state index in [-0.39, 0.29) is 0 Å². The van der Waals surface area contributed by atoms with Gasteiger partial charge in [-0.15, -0.1) is 0 Å². The number of thiocarbonyl (C=S) groups is 1. The quantitative estimate of drug-likeness (QED) is 0.828. The zero-order chi connectivity index (χ0) is 18.5. The van der Waals surface area contributed by atoms with Gasteiger partial charge in [-0.05, 0) is 55.5 Å².